The van der Waals surface area contributed by atoms with E-state index in [0.717, 1.165) is 5.56 Å². The molecule has 0 spiro atoms. The Labute approximate surface area is 206 Å². The lowest BCUT2D eigenvalue weighted by atomic mass is 10.1. The monoisotopic (exact) mass is 483 g/mol. The first-order valence-electron chi connectivity index (χ1n) is 11.1. The van der Waals surface area contributed by atoms with Gasteiger partial charge < -0.3 is 26.0 Å². The average Bonchev–Trinajstić information content (AvgIpc) is 3.22. The molecule has 4 N–H and O–H groups in total. The molecule has 0 saturated carbocycles. The number of nitrogens with two attached hydrogens (primary N) is 1. The van der Waals surface area contributed by atoms with Crippen molar-refractivity contribution in [3.63, 3.8) is 0 Å². The molecule has 0 aliphatic carbocycles. The number of nitrogens with one attached hydrogen (secondary N) is 2. The molecule has 2 amide bonds. The Morgan fingerprint density at radius 3 is 2.51 bits per heavy atom. The van der Waals surface area contributed by atoms with E-state index in [2.05, 4.69) is 20.8 Å². The molecule has 0 aliphatic heterocycles. The van der Waals surface area contributed by atoms with E-state index in [-0.39, 0.29) is 25.8 Å². The van der Waals surface area contributed by atoms with Gasteiger partial charge in [0.05, 0.1) is 24.3 Å². The highest BCUT2D eigenvalue weighted by molar-refractivity contribution is 5.99. The van der Waals surface area contributed by atoms with Crippen molar-refractivity contribution in [1.82, 2.24) is 30.1 Å². The summed E-state index contributed by atoms with van der Waals surface area (Å²) in [7, 11) is 3.88. The van der Waals surface area contributed by atoms with E-state index in [1.807, 2.05) is 49.3 Å². The Kier molecular flexibility index (Phi) is 9.88. The normalized spacial score (nSPS) is 12.3. The molecular formula is C25H37N7O3. The number of carbonyl (C=O) groups excluding carboxylic acids is 2. The number of carbonyl (C=O) groups is 2. The van der Waals surface area contributed by atoms with Crippen molar-refractivity contribution in [3.05, 3.63) is 65.6 Å². The zero-order chi connectivity index (χ0) is 24.7. The average molecular weight is 484 g/mol. The maximum absolute atomic E-state index is 12.7. The van der Waals surface area contributed by atoms with Crippen LogP contribution in [-0.4, -0.2) is 70.6 Å². The Hall–Kier alpha value is -3.34. The largest absolute Gasteiger partial charge is 0.374 e. The third kappa shape index (κ3) is 7.57. The quantitative estimate of drug-likeness (QED) is 0.379. The first-order chi connectivity index (χ1) is 16.2. The lowest BCUT2D eigenvalue weighted by Crippen LogP contribution is -2.50. The van der Waals surface area contributed by atoms with E-state index in [1.165, 1.54) is 0 Å². The lowest BCUT2D eigenvalue weighted by Gasteiger charge is -2.23. The number of benzene rings is 1. The minimum atomic E-state index is -1.09. The topological polar surface area (TPSA) is 127 Å². The summed E-state index contributed by atoms with van der Waals surface area (Å²) >= 11 is 0. The second-order valence-corrected chi connectivity index (χ2v) is 8.98. The Bertz CT molecular complexity index is 1110. The number of hydrogen-bond donors (Lipinski definition) is 3. The van der Waals surface area contributed by atoms with Gasteiger partial charge in [-0.15, -0.1) is 10.2 Å². The molecule has 0 unspecified atom stereocenters. The van der Waals surface area contributed by atoms with Crippen molar-refractivity contribution in [2.24, 2.45) is 5.73 Å². The first-order valence-corrected chi connectivity index (χ1v) is 11.1. The fourth-order valence-electron chi connectivity index (χ4n) is 3.23. The third-order valence-corrected chi connectivity index (χ3v) is 5.15. The van der Waals surface area contributed by atoms with Gasteiger partial charge >= 0.3 is 0 Å². The molecule has 2 aromatic heterocycles. The second-order valence-electron chi connectivity index (χ2n) is 8.98. The van der Waals surface area contributed by atoms with Crippen molar-refractivity contribution in [3.8, 4) is 0 Å². The van der Waals surface area contributed by atoms with Crippen LogP contribution < -0.4 is 16.4 Å². The molecule has 0 radical (unpaired) electrons. The molecule has 3 aromatic rings. The van der Waals surface area contributed by atoms with E-state index >= 15 is 0 Å². The summed E-state index contributed by atoms with van der Waals surface area (Å²) in [6, 6.07) is 12.6. The number of ether oxygens (including phenoxy) is 1. The van der Waals surface area contributed by atoms with Gasteiger partial charge in [-0.1, -0.05) is 37.8 Å². The van der Waals surface area contributed by atoms with E-state index in [4.69, 9.17) is 10.5 Å². The zero-order valence-corrected chi connectivity index (χ0v) is 20.1. The summed E-state index contributed by atoms with van der Waals surface area (Å²) in [5, 5.41) is 14.3. The summed E-state index contributed by atoms with van der Waals surface area (Å²) in [5.74, 6) is -0.144. The number of pyridine rings is 1. The van der Waals surface area contributed by atoms with Crippen LogP contribution in [0.25, 0.3) is 5.65 Å². The number of hydrogen-bond acceptors (Lipinski definition) is 7. The molecule has 2 heterocycles. The molecule has 10 heteroatoms. The maximum Gasteiger partial charge on any atom is 0.255 e. The van der Waals surface area contributed by atoms with Gasteiger partial charge in [0.2, 0.25) is 5.91 Å². The molecule has 10 nitrogen and oxygen atoms in total. The summed E-state index contributed by atoms with van der Waals surface area (Å²) < 4.78 is 7.60. The standard InChI is InChI=1S/C24H33N7O3.CH4/c1-24(2,25)23(33)27-19(16-34-15-17-9-6-5-7-10-17)21-29-28-20-18(11-8-13-31(20)21)22(32)26-12-14-30(3)4;/h5-11,13,19H,12,14-16,25H2,1-4H3,(H,26,32)(H,27,33);1H4/t19-;/m1./s1. The highest BCUT2D eigenvalue weighted by Gasteiger charge is 2.28. The van der Waals surface area contributed by atoms with Gasteiger partial charge in [0.1, 0.15) is 6.04 Å². The van der Waals surface area contributed by atoms with Crippen molar-refractivity contribution < 1.29 is 14.3 Å². The lowest BCUT2D eigenvalue weighted by molar-refractivity contribution is -0.126. The predicted octanol–water partition coefficient (Wildman–Crippen LogP) is 1.77. The molecule has 35 heavy (non-hydrogen) atoms. The number of fused-ring (bicyclic) bond motifs is 1. The van der Waals surface area contributed by atoms with Crippen LogP contribution in [0.2, 0.25) is 0 Å². The van der Waals surface area contributed by atoms with Gasteiger partial charge in [-0.2, -0.15) is 0 Å². The molecular weight excluding hydrogens is 446 g/mol. The fraction of sp³-hybridized carbons (Fsp3) is 0.440. The fourth-order valence-corrected chi connectivity index (χ4v) is 3.23. The van der Waals surface area contributed by atoms with Crippen LogP contribution in [0.5, 0.6) is 0 Å². The molecule has 3 rings (SSSR count). The SMILES string of the molecule is C.CN(C)CCNC(=O)c1cccn2c([C@@H](COCc3ccccc3)NC(=O)C(C)(C)N)nnc12. The van der Waals surface area contributed by atoms with E-state index in [0.29, 0.717) is 36.7 Å². The molecule has 1 atom stereocenters. The Morgan fingerprint density at radius 2 is 1.86 bits per heavy atom. The minimum absolute atomic E-state index is 0. The third-order valence-electron chi connectivity index (χ3n) is 5.15. The van der Waals surface area contributed by atoms with Gasteiger partial charge in [0.15, 0.2) is 11.5 Å². The van der Waals surface area contributed by atoms with Gasteiger partial charge in [0.25, 0.3) is 5.91 Å². The van der Waals surface area contributed by atoms with E-state index in [1.54, 1.807) is 36.6 Å². The van der Waals surface area contributed by atoms with Crippen molar-refractivity contribution in [2.75, 3.05) is 33.8 Å². The molecule has 1 aromatic carbocycles. The number of aromatic nitrogens is 3. The van der Waals surface area contributed by atoms with Gasteiger partial charge in [-0.25, -0.2) is 0 Å². The summed E-state index contributed by atoms with van der Waals surface area (Å²) in [5.41, 5.74) is 6.71. The highest BCUT2D eigenvalue weighted by atomic mass is 16.5. The van der Waals surface area contributed by atoms with Crippen LogP contribution in [0.3, 0.4) is 0 Å². The van der Waals surface area contributed by atoms with E-state index in [9.17, 15) is 9.59 Å². The molecule has 190 valence electrons. The van der Waals surface area contributed by atoms with Gasteiger partial charge in [-0.3, -0.25) is 14.0 Å². The van der Waals surface area contributed by atoms with Crippen LogP contribution >= 0.6 is 0 Å². The van der Waals surface area contributed by atoms with Crippen LogP contribution in [0.4, 0.5) is 0 Å². The number of likely N-dealkylation sites (N-methyl/N-ethyl adjacent to an activating group) is 1. The minimum Gasteiger partial charge on any atom is -0.374 e. The highest BCUT2D eigenvalue weighted by Crippen LogP contribution is 2.18. The molecule has 0 fully saturated rings. The van der Waals surface area contributed by atoms with Crippen LogP contribution in [0, 0.1) is 0 Å². The smallest absolute Gasteiger partial charge is 0.255 e. The van der Waals surface area contributed by atoms with Gasteiger partial charge in [-0.05, 0) is 45.6 Å². The van der Waals surface area contributed by atoms with Crippen LogP contribution in [-0.2, 0) is 16.1 Å². The maximum atomic E-state index is 12.7. The second kappa shape index (κ2) is 12.4. The first kappa shape index (κ1) is 27.9. The van der Waals surface area contributed by atoms with Crippen LogP contribution in [0.15, 0.2) is 48.7 Å². The van der Waals surface area contributed by atoms with Gasteiger partial charge in [0, 0.05) is 19.3 Å². The summed E-state index contributed by atoms with van der Waals surface area (Å²) in [4.78, 5) is 27.4. The number of amides is 2. The van der Waals surface area contributed by atoms with Crippen molar-refractivity contribution in [2.45, 2.75) is 39.5 Å². The molecule has 0 saturated heterocycles. The van der Waals surface area contributed by atoms with E-state index < -0.39 is 11.6 Å². The molecule has 0 bridgehead atoms. The number of rotatable bonds is 11. The number of nitrogens with zero attached hydrogens (tertiary/aromatic N) is 4. The predicted molar refractivity (Wildman–Crippen MR) is 136 cm³/mol. The van der Waals surface area contributed by atoms with Crippen LogP contribution in [0.1, 0.15) is 49.1 Å². The molecule has 0 aliphatic rings. The Balaban J connectivity index is 0.00000432. The zero-order valence-electron chi connectivity index (χ0n) is 20.1. The van der Waals surface area contributed by atoms with Crippen molar-refractivity contribution in [1.29, 1.82) is 0 Å². The van der Waals surface area contributed by atoms with Crippen molar-refractivity contribution >= 4 is 17.5 Å². The summed E-state index contributed by atoms with van der Waals surface area (Å²) in [6.45, 7) is 5.00. The Morgan fingerprint density at radius 1 is 1.14 bits per heavy atom. The summed E-state index contributed by atoms with van der Waals surface area (Å²) in [6.07, 6.45) is 1.76.